The minimum absolute atomic E-state index is 0.0521. The van der Waals surface area contributed by atoms with E-state index in [1.54, 1.807) is 17.8 Å². The predicted octanol–water partition coefficient (Wildman–Crippen LogP) is 2.79. The van der Waals surface area contributed by atoms with E-state index in [1.807, 2.05) is 13.8 Å². The number of hydrogen-bond acceptors (Lipinski definition) is 3. The highest BCUT2D eigenvalue weighted by Gasteiger charge is 2.32. The maximum atomic E-state index is 12.4. The Bertz CT molecular complexity index is 739. The number of alkyl halides is 3. The van der Waals surface area contributed by atoms with Gasteiger partial charge in [-0.2, -0.15) is 5.10 Å². The Balaban J connectivity index is 2.02. The molecule has 1 heterocycles. The normalized spacial score (nSPS) is 11.4. The fraction of sp³-hybridized carbons (Fsp3) is 0.375. The third-order valence-electron chi connectivity index (χ3n) is 3.67. The number of hydrogen-bond donors (Lipinski definition) is 1. The topological polar surface area (TPSA) is 56.2 Å². The Morgan fingerprint density at radius 2 is 1.96 bits per heavy atom. The number of nitrogens with one attached hydrogen (secondary N) is 1. The zero-order chi connectivity index (χ0) is 17.9. The van der Waals surface area contributed by atoms with Crippen molar-refractivity contribution in [1.29, 1.82) is 0 Å². The van der Waals surface area contributed by atoms with Crippen molar-refractivity contribution >= 4 is 5.91 Å². The number of halogens is 3. The van der Waals surface area contributed by atoms with Crippen LogP contribution in [0, 0.1) is 13.8 Å². The van der Waals surface area contributed by atoms with E-state index in [4.69, 9.17) is 0 Å². The van der Waals surface area contributed by atoms with Crippen LogP contribution in [0.3, 0.4) is 0 Å². The van der Waals surface area contributed by atoms with Crippen LogP contribution in [0.1, 0.15) is 22.5 Å². The molecule has 0 aliphatic carbocycles. The van der Waals surface area contributed by atoms with Crippen molar-refractivity contribution in [1.82, 2.24) is 15.1 Å². The van der Waals surface area contributed by atoms with Crippen LogP contribution in [0.5, 0.6) is 5.75 Å². The maximum Gasteiger partial charge on any atom is 0.573 e. The Kier molecular flexibility index (Phi) is 5.16. The van der Waals surface area contributed by atoms with Crippen molar-refractivity contribution in [2.75, 3.05) is 0 Å². The molecular formula is C16H18F3N3O2. The lowest BCUT2D eigenvalue weighted by Gasteiger charge is -2.13. The van der Waals surface area contributed by atoms with E-state index < -0.39 is 6.36 Å². The van der Waals surface area contributed by atoms with E-state index in [-0.39, 0.29) is 30.2 Å². The molecule has 0 spiro atoms. The lowest BCUT2D eigenvalue weighted by Crippen LogP contribution is -2.26. The molecule has 0 radical (unpaired) electrons. The number of rotatable bonds is 5. The highest BCUT2D eigenvalue weighted by atomic mass is 19.4. The van der Waals surface area contributed by atoms with E-state index >= 15 is 0 Å². The van der Waals surface area contributed by atoms with Crippen LogP contribution in [-0.2, 0) is 24.8 Å². The summed E-state index contributed by atoms with van der Waals surface area (Å²) in [4.78, 5) is 12.1. The quantitative estimate of drug-likeness (QED) is 0.910. The van der Waals surface area contributed by atoms with Gasteiger partial charge in [-0.1, -0.05) is 18.2 Å². The van der Waals surface area contributed by atoms with Crippen LogP contribution in [0.15, 0.2) is 24.3 Å². The standard InChI is InChI=1S/C16H18F3N3O2/c1-10-13(11(2)22(3)21-10)8-15(23)20-9-12-6-4-5-7-14(12)24-16(17,18)19/h4-7H,8-9H2,1-3H3,(H,20,23). The second kappa shape index (κ2) is 6.94. The Hall–Kier alpha value is -2.51. The summed E-state index contributed by atoms with van der Waals surface area (Å²) in [6.45, 7) is 3.61. The van der Waals surface area contributed by atoms with Gasteiger partial charge in [0.05, 0.1) is 12.1 Å². The minimum atomic E-state index is -4.77. The first kappa shape index (κ1) is 17.8. The minimum Gasteiger partial charge on any atom is -0.405 e. The van der Waals surface area contributed by atoms with Gasteiger partial charge in [-0.3, -0.25) is 9.48 Å². The number of amides is 1. The fourth-order valence-electron chi connectivity index (χ4n) is 2.36. The highest BCUT2D eigenvalue weighted by molar-refractivity contribution is 5.79. The van der Waals surface area contributed by atoms with Gasteiger partial charge in [0.25, 0.3) is 0 Å². The van der Waals surface area contributed by atoms with Crippen molar-refractivity contribution in [3.63, 3.8) is 0 Å². The molecule has 0 fully saturated rings. The van der Waals surface area contributed by atoms with Gasteiger partial charge in [0.1, 0.15) is 5.75 Å². The Morgan fingerprint density at radius 1 is 1.29 bits per heavy atom. The number of carbonyl (C=O) groups excluding carboxylic acids is 1. The first-order valence-corrected chi connectivity index (χ1v) is 7.27. The molecule has 2 rings (SSSR count). The Labute approximate surface area is 137 Å². The highest BCUT2D eigenvalue weighted by Crippen LogP contribution is 2.26. The molecule has 1 amide bonds. The smallest absolute Gasteiger partial charge is 0.405 e. The summed E-state index contributed by atoms with van der Waals surface area (Å²) in [6, 6.07) is 5.71. The summed E-state index contributed by atoms with van der Waals surface area (Å²) < 4.78 is 42.8. The van der Waals surface area contributed by atoms with Crippen LogP contribution in [0.2, 0.25) is 0 Å². The van der Waals surface area contributed by atoms with Gasteiger partial charge in [-0.15, -0.1) is 13.2 Å². The van der Waals surface area contributed by atoms with Gasteiger partial charge in [0.2, 0.25) is 5.91 Å². The lowest BCUT2D eigenvalue weighted by atomic mass is 10.1. The van der Waals surface area contributed by atoms with E-state index in [0.717, 1.165) is 17.0 Å². The number of ether oxygens (including phenoxy) is 1. The molecule has 0 unspecified atom stereocenters. The number of para-hydroxylation sites is 1. The second-order valence-corrected chi connectivity index (χ2v) is 5.38. The maximum absolute atomic E-state index is 12.4. The number of benzene rings is 1. The van der Waals surface area contributed by atoms with E-state index in [9.17, 15) is 18.0 Å². The van der Waals surface area contributed by atoms with Crippen LogP contribution in [0.25, 0.3) is 0 Å². The van der Waals surface area contributed by atoms with Crippen LogP contribution in [-0.4, -0.2) is 22.1 Å². The lowest BCUT2D eigenvalue weighted by molar-refractivity contribution is -0.274. The summed E-state index contributed by atoms with van der Waals surface area (Å²) in [5.74, 6) is -0.616. The molecule has 0 saturated heterocycles. The van der Waals surface area contributed by atoms with Gasteiger partial charge < -0.3 is 10.1 Å². The summed E-state index contributed by atoms with van der Waals surface area (Å²) in [7, 11) is 1.79. The first-order chi connectivity index (χ1) is 11.2. The first-order valence-electron chi connectivity index (χ1n) is 7.27. The third kappa shape index (κ3) is 4.50. The van der Waals surface area contributed by atoms with Crippen LogP contribution < -0.4 is 10.1 Å². The summed E-state index contributed by atoms with van der Waals surface area (Å²) in [5, 5.41) is 6.84. The van der Waals surface area contributed by atoms with Crippen LogP contribution in [0.4, 0.5) is 13.2 Å². The molecule has 1 aromatic carbocycles. The molecule has 0 atom stereocenters. The molecule has 1 aromatic heterocycles. The predicted molar refractivity (Wildman–Crippen MR) is 81.4 cm³/mol. The zero-order valence-corrected chi connectivity index (χ0v) is 13.6. The number of aryl methyl sites for hydroxylation is 2. The largest absolute Gasteiger partial charge is 0.573 e. The molecule has 0 bridgehead atoms. The summed E-state index contributed by atoms with van der Waals surface area (Å²) in [5.41, 5.74) is 2.70. The molecule has 1 N–H and O–H groups in total. The third-order valence-corrected chi connectivity index (χ3v) is 3.67. The second-order valence-electron chi connectivity index (χ2n) is 5.38. The number of aromatic nitrogens is 2. The van der Waals surface area contributed by atoms with Gasteiger partial charge in [0, 0.05) is 30.4 Å². The molecule has 5 nitrogen and oxygen atoms in total. The van der Waals surface area contributed by atoms with E-state index in [2.05, 4.69) is 15.2 Å². The molecule has 0 saturated carbocycles. The average Bonchev–Trinajstić information content (AvgIpc) is 2.71. The fourth-order valence-corrected chi connectivity index (χ4v) is 2.36. The molecule has 0 aliphatic heterocycles. The van der Waals surface area contributed by atoms with Gasteiger partial charge >= 0.3 is 6.36 Å². The summed E-state index contributed by atoms with van der Waals surface area (Å²) >= 11 is 0. The monoisotopic (exact) mass is 341 g/mol. The van der Waals surface area contributed by atoms with Crippen molar-refractivity contribution in [2.24, 2.45) is 7.05 Å². The molecule has 130 valence electrons. The van der Waals surface area contributed by atoms with Crippen LogP contribution >= 0.6 is 0 Å². The van der Waals surface area contributed by atoms with Crippen molar-refractivity contribution < 1.29 is 22.7 Å². The van der Waals surface area contributed by atoms with E-state index in [0.29, 0.717) is 0 Å². The van der Waals surface area contributed by atoms with Gasteiger partial charge in [0.15, 0.2) is 0 Å². The van der Waals surface area contributed by atoms with Crippen molar-refractivity contribution in [3.05, 3.63) is 46.8 Å². The molecular weight excluding hydrogens is 323 g/mol. The molecule has 24 heavy (non-hydrogen) atoms. The van der Waals surface area contributed by atoms with E-state index in [1.165, 1.54) is 18.2 Å². The average molecular weight is 341 g/mol. The molecule has 0 aliphatic rings. The van der Waals surface area contributed by atoms with Crippen molar-refractivity contribution in [2.45, 2.75) is 33.2 Å². The summed E-state index contributed by atoms with van der Waals surface area (Å²) in [6.07, 6.45) is -4.65. The zero-order valence-electron chi connectivity index (χ0n) is 13.6. The Morgan fingerprint density at radius 3 is 2.54 bits per heavy atom. The molecule has 8 heteroatoms. The number of nitrogens with zero attached hydrogens (tertiary/aromatic N) is 2. The number of carbonyl (C=O) groups is 1. The van der Waals surface area contributed by atoms with Gasteiger partial charge in [-0.25, -0.2) is 0 Å². The van der Waals surface area contributed by atoms with Gasteiger partial charge in [-0.05, 0) is 19.9 Å². The SMILES string of the molecule is Cc1nn(C)c(C)c1CC(=O)NCc1ccccc1OC(F)(F)F. The van der Waals surface area contributed by atoms with Crippen molar-refractivity contribution in [3.8, 4) is 5.75 Å². The molecule has 2 aromatic rings.